The lowest BCUT2D eigenvalue weighted by Crippen LogP contribution is -2.16. The molecule has 0 N–H and O–H groups in total. The predicted molar refractivity (Wildman–Crippen MR) is 69.0 cm³/mol. The molecule has 17 heavy (non-hydrogen) atoms. The maximum atomic E-state index is 11.8. The second-order valence-electron chi connectivity index (χ2n) is 4.59. The highest BCUT2D eigenvalue weighted by Crippen LogP contribution is 2.28. The van der Waals surface area contributed by atoms with Crippen LogP contribution in [0.4, 0.5) is 0 Å². The Labute approximate surface area is 102 Å². The molecule has 0 saturated heterocycles. The highest BCUT2D eigenvalue weighted by molar-refractivity contribution is 6.00. The van der Waals surface area contributed by atoms with Crippen molar-refractivity contribution in [3.8, 4) is 5.75 Å². The van der Waals surface area contributed by atoms with Gasteiger partial charge in [-0.05, 0) is 48.1 Å². The smallest absolute Gasteiger partial charge is 0.159 e. The van der Waals surface area contributed by atoms with Gasteiger partial charge in [-0.15, -0.1) is 0 Å². The third kappa shape index (κ3) is 2.76. The van der Waals surface area contributed by atoms with Crippen LogP contribution in [0.15, 0.2) is 29.8 Å². The number of carbonyl (C=O) groups excluding carboxylic acids is 1. The lowest BCUT2D eigenvalue weighted by Gasteiger charge is -2.20. The molecule has 1 unspecified atom stereocenters. The van der Waals surface area contributed by atoms with Crippen molar-refractivity contribution in [1.82, 2.24) is 0 Å². The van der Waals surface area contributed by atoms with Crippen LogP contribution < -0.4 is 4.74 Å². The highest BCUT2D eigenvalue weighted by atomic mass is 16.5. The second-order valence-corrected chi connectivity index (χ2v) is 4.59. The Balaban J connectivity index is 2.24. The molecule has 0 heterocycles. The van der Waals surface area contributed by atoms with Crippen LogP contribution >= 0.6 is 0 Å². The van der Waals surface area contributed by atoms with Crippen LogP contribution in [0.2, 0.25) is 0 Å². The summed E-state index contributed by atoms with van der Waals surface area (Å²) in [4.78, 5) is 11.8. The fraction of sp³-hybridized carbons (Fsp3) is 0.400. The molecular formula is C15H18O2. The van der Waals surface area contributed by atoms with Crippen LogP contribution in [-0.2, 0) is 4.79 Å². The molecule has 1 atom stereocenters. The predicted octanol–water partition coefficient (Wildman–Crippen LogP) is 3.47. The average molecular weight is 230 g/mol. The van der Waals surface area contributed by atoms with Gasteiger partial charge in [-0.3, -0.25) is 4.79 Å². The summed E-state index contributed by atoms with van der Waals surface area (Å²) in [5, 5.41) is 0. The molecule has 0 radical (unpaired) electrons. The third-order valence-electron chi connectivity index (χ3n) is 3.33. The summed E-state index contributed by atoms with van der Waals surface area (Å²) < 4.78 is 5.11. The number of ketones is 1. The number of ether oxygens (including phenoxy) is 1. The molecule has 1 saturated carbocycles. The zero-order valence-electron chi connectivity index (χ0n) is 10.4. The van der Waals surface area contributed by atoms with Gasteiger partial charge in [0.15, 0.2) is 5.78 Å². The van der Waals surface area contributed by atoms with Gasteiger partial charge < -0.3 is 4.74 Å². The first-order chi connectivity index (χ1) is 8.20. The quantitative estimate of drug-likeness (QED) is 0.727. The summed E-state index contributed by atoms with van der Waals surface area (Å²) >= 11 is 0. The van der Waals surface area contributed by atoms with Gasteiger partial charge in [0.25, 0.3) is 0 Å². The number of allylic oxidation sites excluding steroid dienone is 1. The molecule has 1 aromatic carbocycles. The number of Topliss-reactive ketones (excluding diaryl/α,β-unsaturated/α-hetero) is 1. The summed E-state index contributed by atoms with van der Waals surface area (Å²) in [5.41, 5.74) is 2.05. The third-order valence-corrected chi connectivity index (χ3v) is 3.33. The number of carbonyl (C=O) groups is 1. The normalized spacial score (nSPS) is 22.8. The van der Waals surface area contributed by atoms with Crippen molar-refractivity contribution in [3.63, 3.8) is 0 Å². The summed E-state index contributed by atoms with van der Waals surface area (Å²) in [6, 6.07) is 7.82. The number of hydrogen-bond donors (Lipinski definition) is 0. The molecule has 1 aliphatic carbocycles. The van der Waals surface area contributed by atoms with Gasteiger partial charge in [-0.2, -0.15) is 0 Å². The van der Waals surface area contributed by atoms with Crippen molar-refractivity contribution in [2.24, 2.45) is 5.92 Å². The number of hydrogen-bond acceptors (Lipinski definition) is 2. The molecule has 1 aliphatic rings. The van der Waals surface area contributed by atoms with E-state index in [1.807, 2.05) is 30.3 Å². The molecule has 0 bridgehead atoms. The van der Waals surface area contributed by atoms with Gasteiger partial charge in [-0.25, -0.2) is 0 Å². The Morgan fingerprint density at radius 2 is 2.00 bits per heavy atom. The van der Waals surface area contributed by atoms with Gasteiger partial charge >= 0.3 is 0 Å². The number of rotatable bonds is 2. The zero-order valence-corrected chi connectivity index (χ0v) is 10.4. The van der Waals surface area contributed by atoms with E-state index in [1.165, 1.54) is 0 Å². The Morgan fingerprint density at radius 1 is 1.29 bits per heavy atom. The fourth-order valence-corrected chi connectivity index (χ4v) is 2.25. The van der Waals surface area contributed by atoms with E-state index in [4.69, 9.17) is 4.74 Å². The molecule has 2 nitrogen and oxygen atoms in total. The van der Waals surface area contributed by atoms with Crippen molar-refractivity contribution in [1.29, 1.82) is 0 Å². The lowest BCUT2D eigenvalue weighted by molar-refractivity contribution is -0.116. The van der Waals surface area contributed by atoms with E-state index in [2.05, 4.69) is 6.92 Å². The summed E-state index contributed by atoms with van der Waals surface area (Å²) in [7, 11) is 1.65. The van der Waals surface area contributed by atoms with Gasteiger partial charge in [0.2, 0.25) is 0 Å². The van der Waals surface area contributed by atoms with Crippen molar-refractivity contribution in [2.75, 3.05) is 7.11 Å². The maximum Gasteiger partial charge on any atom is 0.159 e. The Kier molecular flexibility index (Phi) is 3.62. The Bertz CT molecular complexity index is 429. The minimum Gasteiger partial charge on any atom is -0.497 e. The second kappa shape index (κ2) is 5.17. The number of benzene rings is 1. The summed E-state index contributed by atoms with van der Waals surface area (Å²) in [6.45, 7) is 2.13. The zero-order chi connectivity index (χ0) is 12.3. The standard InChI is InChI=1S/C15H18O2/c1-11-4-3-5-15(16)14(11)10-12-6-8-13(17-2)9-7-12/h6-11H,3-5H2,1-2H3. The van der Waals surface area contributed by atoms with Gasteiger partial charge in [0.1, 0.15) is 5.75 Å². The van der Waals surface area contributed by atoms with Crippen molar-refractivity contribution < 1.29 is 9.53 Å². The topological polar surface area (TPSA) is 26.3 Å². The van der Waals surface area contributed by atoms with E-state index in [1.54, 1.807) is 7.11 Å². The van der Waals surface area contributed by atoms with E-state index in [9.17, 15) is 4.79 Å². The van der Waals surface area contributed by atoms with Crippen molar-refractivity contribution in [3.05, 3.63) is 35.4 Å². The van der Waals surface area contributed by atoms with Gasteiger partial charge in [0.05, 0.1) is 7.11 Å². The van der Waals surface area contributed by atoms with Crippen LogP contribution in [0.1, 0.15) is 31.7 Å². The highest BCUT2D eigenvalue weighted by Gasteiger charge is 2.21. The van der Waals surface area contributed by atoms with Crippen LogP contribution in [0, 0.1) is 5.92 Å². The first-order valence-electron chi connectivity index (χ1n) is 6.09. The van der Waals surface area contributed by atoms with E-state index >= 15 is 0 Å². The van der Waals surface area contributed by atoms with E-state index in [-0.39, 0.29) is 0 Å². The van der Waals surface area contributed by atoms with Gasteiger partial charge in [0, 0.05) is 6.42 Å². The molecule has 2 heteroatoms. The van der Waals surface area contributed by atoms with Crippen LogP contribution in [0.3, 0.4) is 0 Å². The molecule has 2 rings (SSSR count). The molecule has 0 aliphatic heterocycles. The Hall–Kier alpha value is -1.57. The molecule has 0 spiro atoms. The minimum atomic E-state index is 0.305. The van der Waals surface area contributed by atoms with E-state index < -0.39 is 0 Å². The lowest BCUT2D eigenvalue weighted by atomic mass is 9.83. The largest absolute Gasteiger partial charge is 0.497 e. The van der Waals surface area contributed by atoms with Crippen LogP contribution in [0.5, 0.6) is 5.75 Å². The van der Waals surface area contributed by atoms with E-state index in [0.717, 1.165) is 29.7 Å². The molecule has 0 aromatic heterocycles. The molecule has 0 amide bonds. The van der Waals surface area contributed by atoms with Crippen LogP contribution in [-0.4, -0.2) is 12.9 Å². The fourth-order valence-electron chi connectivity index (χ4n) is 2.25. The maximum absolute atomic E-state index is 11.8. The average Bonchev–Trinajstić information content (AvgIpc) is 2.35. The van der Waals surface area contributed by atoms with Crippen molar-refractivity contribution >= 4 is 11.9 Å². The number of methoxy groups -OCH3 is 1. The SMILES string of the molecule is COc1ccc(C=C2C(=O)CCCC2C)cc1. The molecular weight excluding hydrogens is 212 g/mol. The molecule has 90 valence electrons. The monoisotopic (exact) mass is 230 g/mol. The Morgan fingerprint density at radius 3 is 2.59 bits per heavy atom. The minimum absolute atomic E-state index is 0.305. The van der Waals surface area contributed by atoms with Crippen LogP contribution in [0.25, 0.3) is 6.08 Å². The summed E-state index contributed by atoms with van der Waals surface area (Å²) in [6.07, 6.45) is 4.87. The molecule has 1 fully saturated rings. The first kappa shape index (κ1) is 11.9. The van der Waals surface area contributed by atoms with Gasteiger partial charge in [-0.1, -0.05) is 19.1 Å². The first-order valence-corrected chi connectivity index (χ1v) is 6.09. The molecule has 1 aromatic rings. The summed E-state index contributed by atoms with van der Waals surface area (Å²) in [5.74, 6) is 1.54. The van der Waals surface area contributed by atoms with Crippen molar-refractivity contribution in [2.45, 2.75) is 26.2 Å². The van der Waals surface area contributed by atoms with E-state index in [0.29, 0.717) is 18.1 Å².